The van der Waals surface area contributed by atoms with Crippen molar-refractivity contribution in [2.75, 3.05) is 17.7 Å². The van der Waals surface area contributed by atoms with E-state index in [0.29, 0.717) is 42.3 Å². The van der Waals surface area contributed by atoms with Crippen LogP contribution in [-0.2, 0) is 27.2 Å². The van der Waals surface area contributed by atoms with E-state index in [2.05, 4.69) is 16.0 Å². The summed E-state index contributed by atoms with van der Waals surface area (Å²) in [5.74, 6) is -1.83. The number of methoxy groups -OCH3 is 1. The predicted octanol–water partition coefficient (Wildman–Crippen LogP) is 9.60. The fourth-order valence-electron chi connectivity index (χ4n) is 5.75. The third-order valence-electron chi connectivity index (χ3n) is 8.27. The lowest BCUT2D eigenvalue weighted by Crippen LogP contribution is -2.30. The Morgan fingerprint density at radius 2 is 1.58 bits per heavy atom. The molecule has 1 heterocycles. The number of amides is 3. The van der Waals surface area contributed by atoms with Gasteiger partial charge in [-0.3, -0.25) is 14.4 Å². The smallest absolute Gasteiger partial charge is 0.341 e. The molecule has 1 aliphatic rings. The summed E-state index contributed by atoms with van der Waals surface area (Å²) in [4.78, 5) is 55.6. The number of hydrogen-bond acceptors (Lipinski definition) is 7. The van der Waals surface area contributed by atoms with Crippen molar-refractivity contribution in [1.82, 2.24) is 5.32 Å². The summed E-state index contributed by atoms with van der Waals surface area (Å²) in [6.07, 6.45) is 5.11. The lowest BCUT2D eigenvalue weighted by atomic mass is 9.95. The average Bonchev–Trinajstić information content (AvgIpc) is 3.52. The maximum Gasteiger partial charge on any atom is 0.341 e. The van der Waals surface area contributed by atoms with E-state index in [0.717, 1.165) is 41.7 Å². The van der Waals surface area contributed by atoms with Gasteiger partial charge in [-0.15, -0.1) is 23.1 Å². The van der Waals surface area contributed by atoms with Crippen LogP contribution in [0.2, 0.25) is 10.0 Å². The first kappa shape index (κ1) is 36.9. The molecule has 0 saturated heterocycles. The number of hydrogen-bond donors (Lipinski definition) is 3. The van der Waals surface area contributed by atoms with Crippen molar-refractivity contribution < 1.29 is 23.9 Å². The zero-order valence-corrected chi connectivity index (χ0v) is 31.1. The van der Waals surface area contributed by atoms with Gasteiger partial charge < -0.3 is 20.7 Å². The highest BCUT2D eigenvalue weighted by Crippen LogP contribution is 2.41. The van der Waals surface area contributed by atoms with Gasteiger partial charge in [0.05, 0.1) is 12.7 Å². The second kappa shape index (κ2) is 17.1. The topological polar surface area (TPSA) is 114 Å². The Morgan fingerprint density at radius 1 is 0.846 bits per heavy atom. The van der Waals surface area contributed by atoms with Crippen LogP contribution >= 0.6 is 46.3 Å². The van der Waals surface area contributed by atoms with Crippen LogP contribution in [0.1, 0.15) is 60.4 Å². The zero-order chi connectivity index (χ0) is 36.6. The molecular formula is C40H33Cl2N3O5S2. The fourth-order valence-corrected chi connectivity index (χ4v) is 8.58. The number of nitrogens with one attached hydrogen (secondary N) is 3. The van der Waals surface area contributed by atoms with E-state index in [-0.39, 0.29) is 11.6 Å². The molecule has 6 rings (SSSR count). The van der Waals surface area contributed by atoms with Crippen LogP contribution in [0.4, 0.5) is 10.7 Å². The number of halogens is 2. The number of rotatable bonds is 11. The summed E-state index contributed by atoms with van der Waals surface area (Å²) in [6.45, 7) is 0. The SMILES string of the molecule is COC(=O)c1c(NC(=O)C(Sc2cccc(NC(=O)/C(=C\c3ccc(Cl)cc3Cl)NC(=O)c3ccccc3)c2)c2ccccc2)sc2c1CCCC2. The zero-order valence-electron chi connectivity index (χ0n) is 27.9. The second-order valence-electron chi connectivity index (χ2n) is 11.8. The summed E-state index contributed by atoms with van der Waals surface area (Å²) < 4.78 is 5.11. The van der Waals surface area contributed by atoms with Gasteiger partial charge in [-0.2, -0.15) is 0 Å². The second-order valence-corrected chi connectivity index (χ2v) is 15.0. The van der Waals surface area contributed by atoms with Gasteiger partial charge in [0.15, 0.2) is 0 Å². The Bertz CT molecular complexity index is 2160. The van der Waals surface area contributed by atoms with Crippen LogP contribution in [0, 0.1) is 0 Å². The molecule has 4 aromatic carbocycles. The molecule has 0 saturated carbocycles. The van der Waals surface area contributed by atoms with Gasteiger partial charge in [0.2, 0.25) is 5.91 Å². The van der Waals surface area contributed by atoms with Crippen LogP contribution in [0.15, 0.2) is 114 Å². The number of fused-ring (bicyclic) bond motifs is 1. The Kier molecular flexibility index (Phi) is 12.1. The van der Waals surface area contributed by atoms with E-state index >= 15 is 0 Å². The van der Waals surface area contributed by atoms with E-state index < -0.39 is 23.0 Å². The quantitative estimate of drug-likeness (QED) is 0.0701. The van der Waals surface area contributed by atoms with Crippen molar-refractivity contribution in [3.8, 4) is 0 Å². The molecule has 1 atom stereocenters. The number of thiophene rings is 1. The molecule has 1 aromatic heterocycles. The van der Waals surface area contributed by atoms with Crippen LogP contribution < -0.4 is 16.0 Å². The molecule has 0 bridgehead atoms. The minimum Gasteiger partial charge on any atom is -0.465 e. The minimum atomic E-state index is -0.704. The molecule has 52 heavy (non-hydrogen) atoms. The molecule has 0 radical (unpaired) electrons. The van der Waals surface area contributed by atoms with E-state index in [1.54, 1.807) is 66.7 Å². The number of benzene rings is 4. The van der Waals surface area contributed by atoms with Gasteiger partial charge in [-0.25, -0.2) is 4.79 Å². The van der Waals surface area contributed by atoms with Gasteiger partial charge in [-0.05, 0) is 90.9 Å². The van der Waals surface area contributed by atoms with E-state index in [1.165, 1.54) is 36.3 Å². The lowest BCUT2D eigenvalue weighted by Gasteiger charge is -2.18. The Morgan fingerprint density at radius 3 is 2.31 bits per heavy atom. The highest BCUT2D eigenvalue weighted by atomic mass is 35.5. The van der Waals surface area contributed by atoms with E-state index in [4.69, 9.17) is 27.9 Å². The maximum absolute atomic E-state index is 14.1. The van der Waals surface area contributed by atoms with Crippen LogP contribution in [0.25, 0.3) is 6.08 Å². The molecule has 5 aromatic rings. The fraction of sp³-hybridized carbons (Fsp3) is 0.150. The minimum absolute atomic E-state index is 0.0438. The standard InChI is InChI=1S/C40H33Cl2N3O5S2/c1-50-40(49)34-30-17-8-9-18-33(30)52-39(34)45-38(48)35(24-11-4-2-5-12-24)51-29-16-10-15-28(23-29)43-37(47)32(21-26-19-20-27(41)22-31(26)42)44-36(46)25-13-6-3-7-14-25/h2-7,10-16,19-23,35H,8-9,17-18H2,1H3,(H,43,47)(H,44,46)(H,45,48)/b32-21+. The summed E-state index contributed by atoms with van der Waals surface area (Å²) in [7, 11) is 1.35. The Labute approximate surface area is 319 Å². The molecule has 1 unspecified atom stereocenters. The van der Waals surface area contributed by atoms with E-state index in [1.807, 2.05) is 36.4 Å². The van der Waals surface area contributed by atoms with Crippen LogP contribution in [0.5, 0.6) is 0 Å². The molecule has 12 heteroatoms. The van der Waals surface area contributed by atoms with Crippen molar-refractivity contribution in [3.63, 3.8) is 0 Å². The number of carbonyl (C=O) groups is 4. The summed E-state index contributed by atoms with van der Waals surface area (Å²) in [6, 6.07) is 29.8. The van der Waals surface area contributed by atoms with Gasteiger partial charge in [0, 0.05) is 31.1 Å². The summed E-state index contributed by atoms with van der Waals surface area (Å²) in [5, 5.41) is 9.15. The highest BCUT2D eigenvalue weighted by Gasteiger charge is 2.30. The number of esters is 1. The Balaban J connectivity index is 1.26. The van der Waals surface area contributed by atoms with Crippen molar-refractivity contribution >= 4 is 86.8 Å². The largest absolute Gasteiger partial charge is 0.465 e. The summed E-state index contributed by atoms with van der Waals surface area (Å²) >= 11 is 15.2. The summed E-state index contributed by atoms with van der Waals surface area (Å²) in [5.41, 5.74) is 3.38. The third-order valence-corrected chi connectivity index (χ3v) is 11.3. The maximum atomic E-state index is 14.1. The first-order valence-corrected chi connectivity index (χ1v) is 18.8. The lowest BCUT2D eigenvalue weighted by molar-refractivity contribution is -0.116. The highest BCUT2D eigenvalue weighted by molar-refractivity contribution is 8.00. The normalized spacial score (nSPS) is 13.0. The molecule has 0 spiro atoms. The number of carbonyl (C=O) groups excluding carboxylic acids is 4. The van der Waals surface area contributed by atoms with Crippen LogP contribution in [-0.4, -0.2) is 30.8 Å². The molecule has 8 nitrogen and oxygen atoms in total. The Hall–Kier alpha value is -4.87. The van der Waals surface area contributed by atoms with Crippen LogP contribution in [0.3, 0.4) is 0 Å². The van der Waals surface area contributed by atoms with Gasteiger partial charge in [-0.1, -0.05) is 83.9 Å². The molecule has 3 N–H and O–H groups in total. The first-order chi connectivity index (χ1) is 25.2. The third kappa shape index (κ3) is 8.94. The molecule has 264 valence electrons. The first-order valence-electron chi connectivity index (χ1n) is 16.4. The average molecular weight is 771 g/mol. The van der Waals surface area contributed by atoms with E-state index in [9.17, 15) is 19.2 Å². The van der Waals surface area contributed by atoms with Gasteiger partial charge in [0.25, 0.3) is 11.8 Å². The molecule has 0 aliphatic heterocycles. The number of anilines is 2. The number of aryl methyl sites for hydroxylation is 1. The monoisotopic (exact) mass is 769 g/mol. The van der Waals surface area contributed by atoms with Gasteiger partial charge in [0.1, 0.15) is 15.9 Å². The molecular weight excluding hydrogens is 737 g/mol. The van der Waals surface area contributed by atoms with Crippen molar-refractivity contribution in [2.45, 2.75) is 35.8 Å². The number of ether oxygens (including phenoxy) is 1. The predicted molar refractivity (Wildman–Crippen MR) is 209 cm³/mol. The molecule has 3 amide bonds. The van der Waals surface area contributed by atoms with Crippen molar-refractivity contribution in [2.24, 2.45) is 0 Å². The number of thioether (sulfide) groups is 1. The van der Waals surface area contributed by atoms with Crippen molar-refractivity contribution in [1.29, 1.82) is 0 Å². The van der Waals surface area contributed by atoms with Gasteiger partial charge >= 0.3 is 5.97 Å². The molecule has 0 fully saturated rings. The molecule has 1 aliphatic carbocycles. The van der Waals surface area contributed by atoms with Crippen molar-refractivity contribution in [3.05, 3.63) is 152 Å².